The third kappa shape index (κ3) is 11.7. The van der Waals surface area contributed by atoms with Gasteiger partial charge in [-0.15, -0.1) is 0 Å². The van der Waals surface area contributed by atoms with Gasteiger partial charge in [0.05, 0.1) is 40.3 Å². The average molecular weight is 1440 g/mol. The second kappa shape index (κ2) is 26.1. The summed E-state index contributed by atoms with van der Waals surface area (Å²) in [5, 5.41) is 4.69. The molecule has 0 unspecified atom stereocenters. The highest BCUT2D eigenvalue weighted by molar-refractivity contribution is 7.00. The molecular weight excluding hydrogens is 1340 g/mol. The van der Waals surface area contributed by atoms with Crippen LogP contribution in [0.15, 0.2) is 334 Å². The SMILES string of the molecule is [2H]c1c([2H])c([2H])c(-c2ccc3c(c2)N(c2c(-c4ccccc4)cc(C(C)(C)C)cc2-c2ccccc2)c2cc(-c4cc(C(C)(C)C)cc(C(C)(C)C)c4)cc4c2B3c2ccc(-n3c5ccccc5c5cc(-n6c7ccccc7c7ccccc76)ccc53)cc2N4c2c(-c3ccccc3)cc(C(C)(C)C)cc2-c2ccccc2)c([2H])c1[2H]. The molecule has 2 aliphatic rings. The summed E-state index contributed by atoms with van der Waals surface area (Å²) in [4.78, 5) is 5.18. The van der Waals surface area contributed by atoms with Crippen molar-refractivity contribution < 1.29 is 6.85 Å². The summed E-state index contributed by atoms with van der Waals surface area (Å²) in [5.74, 6) is 0. The third-order valence-corrected chi connectivity index (χ3v) is 23.3. The summed E-state index contributed by atoms with van der Waals surface area (Å²) in [6.45, 7) is 27.3. The fraction of sp³-hybridized carbons (Fsp3) is 0.151. The van der Waals surface area contributed by atoms with Crippen LogP contribution in [0, 0.1) is 0 Å². The molecule has 0 spiro atoms. The van der Waals surface area contributed by atoms with Crippen LogP contribution in [0.4, 0.5) is 34.1 Å². The van der Waals surface area contributed by atoms with E-state index in [2.05, 4.69) is 399 Å². The molecule has 4 heterocycles. The normalized spacial score (nSPS) is 13.6. The number of fused-ring (bicyclic) bond motifs is 10. The summed E-state index contributed by atoms with van der Waals surface area (Å²) in [6, 6.07) is 111. The van der Waals surface area contributed by atoms with Crippen LogP contribution in [0.25, 0.3) is 122 Å². The molecule has 2 aromatic heterocycles. The third-order valence-electron chi connectivity index (χ3n) is 23.3. The number of nitrogens with zero attached hydrogens (tertiary/aromatic N) is 4. The van der Waals surface area contributed by atoms with E-state index < -0.39 is 12.8 Å². The fourth-order valence-electron chi connectivity index (χ4n) is 17.5. The lowest BCUT2D eigenvalue weighted by Gasteiger charge is -2.46. The Labute approximate surface area is 661 Å². The van der Waals surface area contributed by atoms with Gasteiger partial charge in [-0.05, 0) is 196 Å². The van der Waals surface area contributed by atoms with Gasteiger partial charge >= 0.3 is 0 Å². The van der Waals surface area contributed by atoms with Crippen molar-refractivity contribution in [1.82, 2.24) is 9.13 Å². The van der Waals surface area contributed by atoms with Crippen LogP contribution in [-0.4, -0.2) is 15.8 Å². The first-order valence-corrected chi connectivity index (χ1v) is 39.1. The first-order chi connectivity index (χ1) is 55.7. The molecule has 5 heteroatoms. The Balaban J connectivity index is 1.01. The molecule has 0 amide bonds. The summed E-state index contributed by atoms with van der Waals surface area (Å²) < 4.78 is 51.9. The second-order valence-electron chi connectivity index (χ2n) is 34.6. The largest absolute Gasteiger partial charge is 0.310 e. The van der Waals surface area contributed by atoms with E-state index in [0.29, 0.717) is 5.56 Å². The highest BCUT2D eigenvalue weighted by atomic mass is 15.2. The summed E-state index contributed by atoms with van der Waals surface area (Å²) in [7, 11) is 0. The average Bonchev–Trinajstić information content (AvgIpc) is 0.877. The molecule has 0 saturated heterocycles. The first kappa shape index (κ1) is 63.5. The molecule has 0 saturated carbocycles. The summed E-state index contributed by atoms with van der Waals surface area (Å²) in [5.41, 5.74) is 30.3. The minimum Gasteiger partial charge on any atom is -0.310 e. The minimum atomic E-state index is -0.476. The van der Waals surface area contributed by atoms with Gasteiger partial charge in [0.1, 0.15) is 0 Å². The van der Waals surface area contributed by atoms with Crippen LogP contribution in [0.1, 0.15) is 112 Å². The van der Waals surface area contributed by atoms with Crippen LogP contribution in [-0.2, 0) is 21.7 Å². The molecule has 0 bridgehead atoms. The van der Waals surface area contributed by atoms with Crippen LogP contribution < -0.4 is 26.2 Å². The smallest absolute Gasteiger partial charge is 0.252 e. The van der Waals surface area contributed by atoms with E-state index in [9.17, 15) is 5.48 Å². The number of aromatic nitrogens is 2. The molecule has 2 aliphatic heterocycles. The van der Waals surface area contributed by atoms with Gasteiger partial charge in [0, 0.05) is 77.9 Å². The van der Waals surface area contributed by atoms with Crippen LogP contribution in [0.2, 0.25) is 0 Å². The molecule has 0 atom stereocenters. The van der Waals surface area contributed by atoms with E-state index in [1.54, 1.807) is 0 Å². The molecule has 0 aliphatic carbocycles. The van der Waals surface area contributed by atoms with Crippen LogP contribution in [0.3, 0.4) is 0 Å². The first-order valence-electron chi connectivity index (χ1n) is 41.6. The zero-order chi connectivity index (χ0) is 80.3. The van der Waals surface area contributed by atoms with Gasteiger partial charge in [-0.2, -0.15) is 0 Å². The Hall–Kier alpha value is -12.4. The van der Waals surface area contributed by atoms with E-state index in [4.69, 9.17) is 1.37 Å². The molecule has 17 aromatic rings. The topological polar surface area (TPSA) is 16.3 Å². The molecule has 15 aromatic carbocycles. The Morgan fingerprint density at radius 3 is 1.01 bits per heavy atom. The Bertz CT molecular complexity index is 6640. The fourth-order valence-corrected chi connectivity index (χ4v) is 17.5. The number of benzene rings is 15. The zero-order valence-corrected chi connectivity index (χ0v) is 65.2. The lowest BCUT2D eigenvalue weighted by atomic mass is 9.33. The Morgan fingerprint density at radius 2 is 0.586 bits per heavy atom. The Morgan fingerprint density at radius 1 is 0.252 bits per heavy atom. The molecular formula is C106H91BN4. The molecule has 111 heavy (non-hydrogen) atoms. The number of para-hydroxylation sites is 3. The van der Waals surface area contributed by atoms with Crippen molar-refractivity contribution in [3.05, 3.63) is 356 Å². The molecule has 4 nitrogen and oxygen atoms in total. The van der Waals surface area contributed by atoms with Crippen molar-refractivity contribution in [2.75, 3.05) is 9.80 Å². The van der Waals surface area contributed by atoms with E-state index in [0.717, 1.165) is 156 Å². The minimum absolute atomic E-state index is 0.135. The lowest BCUT2D eigenvalue weighted by Crippen LogP contribution is -2.61. The van der Waals surface area contributed by atoms with E-state index in [1.165, 1.54) is 27.5 Å². The number of hydrogen-bond donors (Lipinski definition) is 0. The maximum atomic E-state index is 9.77. The second-order valence-corrected chi connectivity index (χ2v) is 34.6. The van der Waals surface area contributed by atoms with E-state index in [1.807, 2.05) is 6.07 Å². The molecule has 0 N–H and O–H groups in total. The van der Waals surface area contributed by atoms with Crippen molar-refractivity contribution in [1.29, 1.82) is 0 Å². The van der Waals surface area contributed by atoms with E-state index >= 15 is 0 Å². The number of anilines is 6. The predicted molar refractivity (Wildman–Crippen MR) is 477 cm³/mol. The van der Waals surface area contributed by atoms with Gasteiger partial charge in [-0.1, -0.05) is 326 Å². The molecule has 0 radical (unpaired) electrons. The van der Waals surface area contributed by atoms with Gasteiger partial charge in [-0.25, -0.2) is 0 Å². The highest BCUT2D eigenvalue weighted by Gasteiger charge is 2.46. The van der Waals surface area contributed by atoms with Crippen molar-refractivity contribution in [2.24, 2.45) is 0 Å². The van der Waals surface area contributed by atoms with Gasteiger partial charge < -0.3 is 18.9 Å². The lowest BCUT2D eigenvalue weighted by molar-refractivity contribution is 0.569. The molecule has 538 valence electrons. The predicted octanol–water partition coefficient (Wildman–Crippen LogP) is 27.2. The quantitative estimate of drug-likeness (QED) is 0.127. The summed E-state index contributed by atoms with van der Waals surface area (Å²) in [6.07, 6.45) is 0. The van der Waals surface area contributed by atoms with Gasteiger partial charge in [0.15, 0.2) is 0 Å². The molecule has 0 fully saturated rings. The van der Waals surface area contributed by atoms with Gasteiger partial charge in [-0.3, -0.25) is 0 Å². The summed E-state index contributed by atoms with van der Waals surface area (Å²) >= 11 is 0. The molecule has 19 rings (SSSR count). The standard InChI is InChI=1S/C106H91BN4/c1-103(2,3)76-56-74(57-77(61-76)104(4,5)6)75-59-98-100-99(60-75)111(102-87(71-40-24-16-25-41-71)64-79(106(10,11)12)65-88(102)72-42-26-17-27-43-72)97-67-81(109-94-49-33-30-46-84(94)89-66-80(52-55-95(89)109)108-92-47-31-28-44-82(92)83-45-29-32-48-93(83)108)51-54-91(97)107(100)90-53-50-73(68-34-18-13-19-35-68)58-96(90)110(98)101-85(69-36-20-14-21-37-69)62-78(105(7,8)9)63-86(101)70-38-22-15-23-39-70/h13-67H,1-12H3/i13D,18D,19D,34D,35D. The van der Waals surface area contributed by atoms with Crippen molar-refractivity contribution >= 4 is 101 Å². The van der Waals surface area contributed by atoms with Crippen LogP contribution >= 0.6 is 0 Å². The maximum absolute atomic E-state index is 9.77. The van der Waals surface area contributed by atoms with E-state index in [-0.39, 0.29) is 51.4 Å². The maximum Gasteiger partial charge on any atom is 0.252 e. The zero-order valence-electron chi connectivity index (χ0n) is 70.2. The Kier molecular flexibility index (Phi) is 15.0. The van der Waals surface area contributed by atoms with Crippen molar-refractivity contribution in [3.8, 4) is 78.1 Å². The van der Waals surface area contributed by atoms with Crippen molar-refractivity contribution in [2.45, 2.75) is 105 Å². The van der Waals surface area contributed by atoms with Crippen molar-refractivity contribution in [3.63, 3.8) is 0 Å². The monoisotopic (exact) mass is 1440 g/mol. The van der Waals surface area contributed by atoms with Gasteiger partial charge in [0.2, 0.25) is 0 Å². The highest BCUT2D eigenvalue weighted by Crippen LogP contribution is 2.56. The van der Waals surface area contributed by atoms with Crippen LogP contribution in [0.5, 0.6) is 0 Å². The van der Waals surface area contributed by atoms with Gasteiger partial charge in [0.25, 0.3) is 6.71 Å². The number of hydrogen-bond acceptors (Lipinski definition) is 2. The number of rotatable bonds is 10.